The van der Waals surface area contributed by atoms with Gasteiger partial charge in [-0.05, 0) is 43.9 Å². The van der Waals surface area contributed by atoms with Gasteiger partial charge in [0.25, 0.3) is 11.5 Å². The number of pyridine rings is 1. The van der Waals surface area contributed by atoms with E-state index in [1.54, 1.807) is 38.6 Å². The first kappa shape index (κ1) is 23.9. The van der Waals surface area contributed by atoms with Gasteiger partial charge in [-0.3, -0.25) is 14.5 Å². The van der Waals surface area contributed by atoms with Crippen molar-refractivity contribution >= 4 is 23.6 Å². The molecular formula is C26H30N4O6. The van der Waals surface area contributed by atoms with E-state index in [0.29, 0.717) is 49.5 Å². The minimum absolute atomic E-state index is 0.0234. The third-order valence-corrected chi connectivity index (χ3v) is 7.13. The lowest BCUT2D eigenvalue weighted by Gasteiger charge is -2.21. The highest BCUT2D eigenvalue weighted by Crippen LogP contribution is 2.29. The number of ether oxygens (including phenoxy) is 2. The van der Waals surface area contributed by atoms with Crippen molar-refractivity contribution in [1.82, 2.24) is 14.8 Å². The van der Waals surface area contributed by atoms with Crippen molar-refractivity contribution < 1.29 is 23.9 Å². The minimum atomic E-state index is -0.553. The number of urea groups is 1. The first-order valence-electron chi connectivity index (χ1n) is 12.4. The predicted molar refractivity (Wildman–Crippen MR) is 132 cm³/mol. The molecule has 3 aliphatic rings. The maximum Gasteiger partial charge on any atom is 0.343 e. The number of anilines is 1. The number of carbonyl (C=O) groups excluding carboxylic acids is 3. The topological polar surface area (TPSA) is 110 Å². The second-order valence-electron chi connectivity index (χ2n) is 9.31. The lowest BCUT2D eigenvalue weighted by molar-refractivity contribution is 0.0590. The summed E-state index contributed by atoms with van der Waals surface area (Å²) in [5.74, 6) is -0.483. The number of fused-ring (bicyclic) bond motifs is 1. The fraction of sp³-hybridized carbons (Fsp3) is 0.462. The molecule has 2 aliphatic heterocycles. The number of esters is 1. The number of hydrogen-bond acceptors (Lipinski definition) is 6. The highest BCUT2D eigenvalue weighted by Gasteiger charge is 2.30. The van der Waals surface area contributed by atoms with Crippen LogP contribution < -0.4 is 20.5 Å². The first-order chi connectivity index (χ1) is 17.5. The van der Waals surface area contributed by atoms with E-state index in [1.165, 1.54) is 13.2 Å². The summed E-state index contributed by atoms with van der Waals surface area (Å²) in [4.78, 5) is 54.6. The lowest BCUT2D eigenvalue weighted by atomic mass is 10.1. The van der Waals surface area contributed by atoms with Crippen LogP contribution in [0.2, 0.25) is 0 Å². The van der Waals surface area contributed by atoms with E-state index in [9.17, 15) is 19.2 Å². The van der Waals surface area contributed by atoms with E-state index in [0.717, 1.165) is 25.7 Å². The van der Waals surface area contributed by atoms with Crippen LogP contribution in [0.5, 0.6) is 5.75 Å². The van der Waals surface area contributed by atoms with Crippen molar-refractivity contribution in [2.45, 2.75) is 44.8 Å². The van der Waals surface area contributed by atoms with Crippen LogP contribution in [0.4, 0.5) is 10.5 Å². The molecule has 5 rings (SSSR count). The molecule has 0 bridgehead atoms. The van der Waals surface area contributed by atoms with Gasteiger partial charge >= 0.3 is 12.0 Å². The second-order valence-corrected chi connectivity index (χ2v) is 9.31. The molecule has 2 aromatic rings. The van der Waals surface area contributed by atoms with Crippen LogP contribution >= 0.6 is 0 Å². The number of carbonyl (C=O) groups is 3. The Kier molecular flexibility index (Phi) is 6.67. The van der Waals surface area contributed by atoms with Crippen LogP contribution in [0.15, 0.2) is 35.1 Å². The maximum absolute atomic E-state index is 13.4. The fourth-order valence-corrected chi connectivity index (χ4v) is 5.26. The summed E-state index contributed by atoms with van der Waals surface area (Å²) >= 11 is 0. The molecule has 10 nitrogen and oxygen atoms in total. The molecule has 1 aromatic carbocycles. The summed E-state index contributed by atoms with van der Waals surface area (Å²) < 4.78 is 12.7. The zero-order chi connectivity index (χ0) is 25.2. The zero-order valence-electron chi connectivity index (χ0n) is 20.3. The Morgan fingerprint density at radius 2 is 1.83 bits per heavy atom. The Balaban J connectivity index is 1.41. The molecule has 3 heterocycles. The summed E-state index contributed by atoms with van der Waals surface area (Å²) in [6.07, 6.45) is 4.18. The third-order valence-electron chi connectivity index (χ3n) is 7.13. The molecule has 3 amide bonds. The predicted octanol–water partition coefficient (Wildman–Crippen LogP) is 2.18. The maximum atomic E-state index is 13.4. The van der Waals surface area contributed by atoms with Crippen molar-refractivity contribution in [2.75, 3.05) is 38.2 Å². The molecule has 0 atom stereocenters. The average Bonchev–Trinajstić information content (AvgIpc) is 3.50. The molecule has 36 heavy (non-hydrogen) atoms. The number of benzene rings is 1. The first-order valence-corrected chi connectivity index (χ1v) is 12.4. The highest BCUT2D eigenvalue weighted by molar-refractivity contribution is 5.98. The van der Waals surface area contributed by atoms with E-state index in [1.807, 2.05) is 0 Å². The molecule has 1 aliphatic carbocycles. The summed E-state index contributed by atoms with van der Waals surface area (Å²) in [5, 5.41) is 2.76. The molecule has 10 heteroatoms. The van der Waals surface area contributed by atoms with Crippen molar-refractivity contribution in [3.05, 3.63) is 57.5 Å². The number of amides is 3. The average molecular weight is 495 g/mol. The van der Waals surface area contributed by atoms with Crippen molar-refractivity contribution in [2.24, 2.45) is 0 Å². The summed E-state index contributed by atoms with van der Waals surface area (Å²) in [5.41, 5.74) is 1.65. The number of methoxy groups -OCH3 is 1. The molecule has 1 N–H and O–H groups in total. The van der Waals surface area contributed by atoms with E-state index < -0.39 is 5.97 Å². The lowest BCUT2D eigenvalue weighted by Crippen LogP contribution is -2.34. The van der Waals surface area contributed by atoms with Gasteiger partial charge in [-0.15, -0.1) is 0 Å². The molecule has 190 valence electrons. The number of aromatic nitrogens is 1. The van der Waals surface area contributed by atoms with E-state index >= 15 is 0 Å². The van der Waals surface area contributed by atoms with E-state index in [-0.39, 0.29) is 41.5 Å². The van der Waals surface area contributed by atoms with E-state index in [4.69, 9.17) is 9.47 Å². The Morgan fingerprint density at radius 1 is 1.03 bits per heavy atom. The third kappa shape index (κ3) is 4.55. The SMILES string of the molecule is COC(=O)c1c(OC2CCCC2)cc(=O)n2c1CCN(C(=O)c1cccc(N3CCNC3=O)c1)CC2. The van der Waals surface area contributed by atoms with Crippen LogP contribution in [0.25, 0.3) is 0 Å². The standard InChI is InChI=1S/C26H30N4O6/c1-35-25(33)23-20-9-11-28(13-14-30(20)22(31)16-21(23)36-19-7-2-3-8-19)24(32)17-5-4-6-18(15-17)29-12-10-27-26(29)34/h4-6,15-16,19H,2-3,7-14H2,1H3,(H,27,34). The van der Waals surface area contributed by atoms with E-state index in [2.05, 4.69) is 5.32 Å². The van der Waals surface area contributed by atoms with Gasteiger partial charge < -0.3 is 24.3 Å². The normalized spacial score (nSPS) is 18.0. The molecule has 1 saturated heterocycles. The van der Waals surface area contributed by atoms with Gasteiger partial charge in [0.2, 0.25) is 0 Å². The van der Waals surface area contributed by atoms with Crippen LogP contribution in [0.3, 0.4) is 0 Å². The smallest absolute Gasteiger partial charge is 0.343 e. The van der Waals surface area contributed by atoms with Crippen molar-refractivity contribution in [3.8, 4) is 5.75 Å². The van der Waals surface area contributed by atoms with Gasteiger partial charge in [-0.25, -0.2) is 9.59 Å². The van der Waals surface area contributed by atoms with Crippen molar-refractivity contribution in [3.63, 3.8) is 0 Å². The molecule has 1 aromatic heterocycles. The van der Waals surface area contributed by atoms with Crippen LogP contribution in [0, 0.1) is 0 Å². The second kappa shape index (κ2) is 10.0. The molecular weight excluding hydrogens is 464 g/mol. The monoisotopic (exact) mass is 494 g/mol. The molecule has 2 fully saturated rings. The minimum Gasteiger partial charge on any atom is -0.489 e. The van der Waals surface area contributed by atoms with Gasteiger partial charge in [0.1, 0.15) is 11.3 Å². The number of hydrogen-bond donors (Lipinski definition) is 1. The van der Waals surface area contributed by atoms with Crippen LogP contribution in [-0.2, 0) is 17.7 Å². The Hall–Kier alpha value is -3.82. The number of nitrogens with zero attached hydrogens (tertiary/aromatic N) is 3. The van der Waals surface area contributed by atoms with Crippen LogP contribution in [0.1, 0.15) is 52.1 Å². The quantitative estimate of drug-likeness (QED) is 0.638. The van der Waals surface area contributed by atoms with Gasteiger partial charge in [0.05, 0.1) is 13.2 Å². The molecule has 1 saturated carbocycles. The van der Waals surface area contributed by atoms with Crippen molar-refractivity contribution in [1.29, 1.82) is 0 Å². The molecule has 0 unspecified atom stereocenters. The van der Waals surface area contributed by atoms with Gasteiger partial charge in [0, 0.05) is 62.2 Å². The summed E-state index contributed by atoms with van der Waals surface area (Å²) in [6.45, 7) is 1.99. The van der Waals surface area contributed by atoms with Crippen LogP contribution in [-0.4, -0.2) is 66.8 Å². The Bertz CT molecular complexity index is 1250. The highest BCUT2D eigenvalue weighted by atomic mass is 16.5. The molecule has 0 radical (unpaired) electrons. The van der Waals surface area contributed by atoms with Gasteiger partial charge in [-0.1, -0.05) is 6.07 Å². The molecule has 0 spiro atoms. The number of nitrogens with one attached hydrogen (secondary N) is 1. The Labute approximate surface area is 208 Å². The van der Waals surface area contributed by atoms with Gasteiger partial charge in [-0.2, -0.15) is 0 Å². The largest absolute Gasteiger partial charge is 0.489 e. The zero-order valence-corrected chi connectivity index (χ0v) is 20.3. The summed E-state index contributed by atoms with van der Waals surface area (Å²) in [6, 6.07) is 8.18. The Morgan fingerprint density at radius 3 is 2.56 bits per heavy atom. The van der Waals surface area contributed by atoms with Gasteiger partial charge in [0.15, 0.2) is 0 Å². The summed E-state index contributed by atoms with van der Waals surface area (Å²) in [7, 11) is 1.31. The number of rotatable bonds is 5. The fourth-order valence-electron chi connectivity index (χ4n) is 5.26.